The quantitative estimate of drug-likeness (QED) is 0.143. The minimum atomic E-state index is 0. The van der Waals surface area contributed by atoms with Crippen molar-refractivity contribution in [2.45, 2.75) is 329 Å². The summed E-state index contributed by atoms with van der Waals surface area (Å²) >= 11 is 0. The van der Waals surface area contributed by atoms with Gasteiger partial charge >= 0.3 is 0 Å². The van der Waals surface area contributed by atoms with Gasteiger partial charge in [-0.05, 0) is 280 Å². The van der Waals surface area contributed by atoms with Crippen molar-refractivity contribution < 1.29 is 85.5 Å². The van der Waals surface area contributed by atoms with Gasteiger partial charge in [0.1, 0.15) is 17.3 Å². The Morgan fingerprint density at radius 3 is 0.955 bits per heavy atom. The number of hydrogen-bond acceptors (Lipinski definition) is 10. The molecule has 12 aliphatic carbocycles. The van der Waals surface area contributed by atoms with Crippen molar-refractivity contribution in [2.24, 2.45) is 129 Å². The maximum Gasteiger partial charge on any atom is 0.133 e. The van der Waals surface area contributed by atoms with E-state index in [4.69, 9.17) is 19.9 Å². The second-order valence-corrected chi connectivity index (χ2v) is 45.7. The van der Waals surface area contributed by atoms with Crippen molar-refractivity contribution in [3.05, 3.63) is 33.4 Å². The highest BCUT2D eigenvalue weighted by Gasteiger charge is 2.65. The van der Waals surface area contributed by atoms with Gasteiger partial charge in [-0.25, -0.2) is 0 Å². The molecule has 0 amide bonds. The van der Waals surface area contributed by atoms with E-state index in [0.29, 0.717) is 111 Å². The van der Waals surface area contributed by atoms with Crippen molar-refractivity contribution in [1.29, 1.82) is 0 Å². The van der Waals surface area contributed by atoms with Crippen LogP contribution in [0.15, 0.2) is 33.4 Å². The first-order valence-electron chi connectivity index (χ1n) is 46.2. The number of ketones is 3. The smallest absolute Gasteiger partial charge is 0.133 e. The summed E-state index contributed by atoms with van der Waals surface area (Å²) in [7, 11) is 14.0. The fourth-order valence-electron chi connectivity index (χ4n) is 31.8. The number of carbonyl (C=O) groups excluding carboxylic acids is 3. The first-order valence-corrected chi connectivity index (χ1v) is 46.2. The van der Waals surface area contributed by atoms with E-state index in [0.717, 1.165) is 164 Å². The highest BCUT2D eigenvalue weighted by atomic mass is 127. The molecule has 18 rings (SSSR count). The predicted molar refractivity (Wildman–Crippen MR) is 437 cm³/mol. The number of likely N-dealkylation sites (tertiary alicyclic amines) is 3. The number of allylic oxidation sites excluding steroid dienone is 3. The first kappa shape index (κ1) is 85.7. The summed E-state index contributed by atoms with van der Waals surface area (Å²) < 4.78 is 23.8. The zero-order valence-electron chi connectivity index (χ0n) is 73.0. The van der Waals surface area contributed by atoms with E-state index >= 15 is 0 Å². The van der Waals surface area contributed by atoms with Crippen molar-refractivity contribution >= 4 is 17.3 Å². The van der Waals surface area contributed by atoms with Crippen LogP contribution in [0.5, 0.6) is 0 Å². The molecule has 14 heteroatoms. The third-order valence-electron chi connectivity index (χ3n) is 37.5. The molecule has 0 aromatic rings. The summed E-state index contributed by atoms with van der Waals surface area (Å²) in [5.74, 6) is 14.6. The molecule has 3 spiro atoms. The number of likely N-dealkylation sites (N-methyl/N-ethyl adjacent to an activating group) is 2. The molecule has 6 aliphatic heterocycles. The SMILES string of the molecule is CC1=C2C[C@H]3[C@@H](CC[C@@H]4CC(=O)CC[C@@]43C)[C@@H]2CC[C@@]2(C1)O[C@@H]1C[C@H](C)CN(CCN)[C@H]1[C@H]2C.CC1=C2C[C@H]3[C@@H](CC[C@@H]4CC(=O)CC[C@@]43C)[C@@H]2CC[C@@]2(C1)O[C@@H]1C[C@H](C)CN(CC[N+](C)(C)C)[C@H]1[C@H]2C.CC1=C2C[C@H]3[C@@H](CC[C@@H]4CC(=O)CC[C@@]43C)[C@@H]2CC[C@@]2(C1)O[C@@H]1C[C@H](C)CN(CC[N+](C)(C)C)[C@H]1[C@H]2C.[I-].[I-]. The highest BCUT2D eigenvalue weighted by Crippen LogP contribution is 2.70. The van der Waals surface area contributed by atoms with Crippen LogP contribution >= 0.6 is 0 Å². The van der Waals surface area contributed by atoms with Crippen molar-refractivity contribution in [2.75, 3.05) is 101 Å². The number of nitrogens with two attached hydrogens (primary N) is 1. The lowest BCUT2D eigenvalue weighted by atomic mass is 9.52. The number of hydrogen-bond donors (Lipinski definition) is 1. The Morgan fingerprint density at radius 1 is 0.400 bits per heavy atom. The maximum atomic E-state index is 12.3. The average Bonchev–Trinajstić information content (AvgIpc) is 1.55. The normalized spacial score (nSPS) is 48.4. The molecule has 12 nitrogen and oxygen atoms in total. The summed E-state index contributed by atoms with van der Waals surface area (Å²) in [6, 6.07) is 1.71. The Kier molecular flexibility index (Phi) is 25.0. The third kappa shape index (κ3) is 15.3. The van der Waals surface area contributed by atoms with Crippen LogP contribution in [0.25, 0.3) is 0 Å². The van der Waals surface area contributed by atoms with E-state index < -0.39 is 0 Å². The summed E-state index contributed by atoms with van der Waals surface area (Å²) in [6.07, 6.45) is 36.3. The van der Waals surface area contributed by atoms with Gasteiger partial charge in [0.15, 0.2) is 0 Å². The highest BCUT2D eigenvalue weighted by molar-refractivity contribution is 5.80. The van der Waals surface area contributed by atoms with E-state index in [1.54, 1.807) is 16.7 Å². The first-order chi connectivity index (χ1) is 51.1. The molecule has 0 unspecified atom stereocenters. The number of fused-ring (bicyclic) bond motifs is 18. The molecule has 30 atom stereocenters. The molecule has 622 valence electrons. The Bertz CT molecular complexity index is 3330. The van der Waals surface area contributed by atoms with Crippen LogP contribution in [-0.2, 0) is 28.6 Å². The molecular formula is C96H158I2N6O6. The Morgan fingerprint density at radius 2 is 0.682 bits per heavy atom. The zero-order valence-corrected chi connectivity index (χ0v) is 77.3. The van der Waals surface area contributed by atoms with Crippen molar-refractivity contribution in [3.63, 3.8) is 0 Å². The van der Waals surface area contributed by atoms with E-state index in [2.05, 4.69) is 140 Å². The molecule has 0 aromatic heterocycles. The van der Waals surface area contributed by atoms with Crippen LogP contribution in [-0.4, -0.2) is 195 Å². The number of quaternary nitrogens is 2. The van der Waals surface area contributed by atoms with E-state index in [9.17, 15) is 14.4 Å². The van der Waals surface area contributed by atoms with Crippen LogP contribution in [0.2, 0.25) is 0 Å². The van der Waals surface area contributed by atoms with Gasteiger partial charge in [0.2, 0.25) is 0 Å². The van der Waals surface area contributed by atoms with Gasteiger partial charge in [0, 0.05) is 120 Å². The van der Waals surface area contributed by atoms with Crippen molar-refractivity contribution in [3.8, 4) is 0 Å². The maximum absolute atomic E-state index is 12.3. The molecule has 6 heterocycles. The monoisotopic (exact) mass is 1750 g/mol. The Balaban J connectivity index is 0.000000136. The second kappa shape index (κ2) is 32.0. The van der Waals surface area contributed by atoms with E-state index in [-0.39, 0.29) is 64.8 Å². The minimum Gasteiger partial charge on any atom is -1.00 e. The molecule has 0 radical (unpaired) electrons. The number of nitrogens with zero attached hydrogens (tertiary/aromatic N) is 5. The number of halogens is 2. The summed E-state index contributed by atoms with van der Waals surface area (Å²) in [6.45, 7) is 40.2. The van der Waals surface area contributed by atoms with Gasteiger partial charge in [-0.3, -0.25) is 29.1 Å². The van der Waals surface area contributed by atoms with Gasteiger partial charge in [0.05, 0.1) is 90.5 Å². The summed E-state index contributed by atoms with van der Waals surface area (Å²) in [5.41, 5.74) is 17.8. The number of Topliss-reactive ketones (excluding diaryl/α,β-unsaturated/α-hetero) is 3. The zero-order chi connectivity index (χ0) is 76.5. The molecule has 110 heavy (non-hydrogen) atoms. The fourth-order valence-corrected chi connectivity index (χ4v) is 31.8. The number of piperidine rings is 3. The topological polar surface area (TPSA) is 115 Å². The van der Waals surface area contributed by atoms with Crippen LogP contribution in [0, 0.1) is 123 Å². The van der Waals surface area contributed by atoms with Crippen LogP contribution < -0.4 is 53.7 Å². The van der Waals surface area contributed by atoms with Crippen molar-refractivity contribution in [1.82, 2.24) is 14.7 Å². The lowest BCUT2D eigenvalue weighted by molar-refractivity contribution is -0.869. The molecule has 18 aliphatic rings. The number of carbonyl (C=O) groups is 3. The molecule has 0 aromatic carbocycles. The molecule has 6 saturated heterocycles. The third-order valence-corrected chi connectivity index (χ3v) is 37.5. The molecular weight excluding hydrogens is 1590 g/mol. The van der Waals surface area contributed by atoms with E-state index in [1.165, 1.54) is 161 Å². The average molecular weight is 1750 g/mol. The van der Waals surface area contributed by atoms with Gasteiger partial charge in [0.25, 0.3) is 0 Å². The second-order valence-electron chi connectivity index (χ2n) is 45.7. The summed E-state index contributed by atoms with van der Waals surface area (Å²) in [4.78, 5) is 45.1. The lowest BCUT2D eigenvalue weighted by Gasteiger charge is -2.52. The van der Waals surface area contributed by atoms with Crippen LogP contribution in [0.1, 0.15) is 276 Å². The molecule has 2 N–H and O–H groups in total. The summed E-state index contributed by atoms with van der Waals surface area (Å²) in [5, 5.41) is 0. The Labute approximate surface area is 704 Å². The van der Waals surface area contributed by atoms with Gasteiger partial charge < -0.3 is 76.9 Å². The minimum absolute atomic E-state index is 0. The Hall–Kier alpha value is -0.670. The lowest BCUT2D eigenvalue weighted by Crippen LogP contribution is -3.00. The van der Waals surface area contributed by atoms with Crippen LogP contribution in [0.3, 0.4) is 0 Å². The van der Waals surface area contributed by atoms with E-state index in [1.807, 2.05) is 16.7 Å². The molecule has 0 bridgehead atoms. The fraction of sp³-hybridized carbons (Fsp3) is 0.906. The molecule has 15 fully saturated rings. The predicted octanol–water partition coefficient (Wildman–Crippen LogP) is 11.6. The number of ether oxygens (including phenoxy) is 3. The molecule has 9 saturated carbocycles. The van der Waals surface area contributed by atoms with Gasteiger partial charge in [-0.2, -0.15) is 0 Å². The largest absolute Gasteiger partial charge is 1.00 e. The van der Waals surface area contributed by atoms with Crippen LogP contribution in [0.4, 0.5) is 0 Å². The standard InChI is InChI=1S/2C33H55N2O2.C30H48N2O2.2HI/c2*1-21-16-30-31(34(20-21)14-15-35(5,6)7)23(3)33(37-30)13-11-26-27-9-8-24-17-25(36)10-12-32(24,4)29(27)18-28(26)22(2)19-33;1-18-13-27-28(32(17-18)12-11-31)20(3)30(34-27)10-8-23-24-6-5-21-14-22(33)7-9-29(21,4)26(24)15-25(23)19(2)16-30;;/h2*21,23-24,26-27,29-31H,8-20H2,1-7H3;18,20-21,23-24,26-28H,5-17,31H2,1-4H3;2*1H/q2*+1;;;/p-2/t2*21-,23+,24+,26-,27-,29-,30+,31-,32-,33-;18-,20+,21+,23-,24-,26-,27+,28-,29-,30-;;/m000../s1. The number of rotatable bonds is 8. The van der Waals surface area contributed by atoms with Gasteiger partial charge in [-0.15, -0.1) is 0 Å². The van der Waals surface area contributed by atoms with Gasteiger partial charge in [-0.1, -0.05) is 95.8 Å².